The molecule has 5 nitrogen and oxygen atoms in total. The second-order valence-electron chi connectivity index (χ2n) is 4.22. The molecule has 2 aromatic heterocycles. The van der Waals surface area contributed by atoms with Crippen LogP contribution in [0.3, 0.4) is 0 Å². The highest BCUT2D eigenvalue weighted by molar-refractivity contribution is 5.67. The molecule has 0 bridgehead atoms. The number of nitrogens with zero attached hydrogens (tertiary/aromatic N) is 4. The Morgan fingerprint density at radius 2 is 2.00 bits per heavy atom. The zero-order valence-electron chi connectivity index (χ0n) is 10.5. The molecule has 3 rings (SSSR count). The topological polar surface area (TPSA) is 67.3 Å². The summed E-state index contributed by atoms with van der Waals surface area (Å²) in [7, 11) is 0. The molecule has 3 aromatic rings. The number of tetrazole rings is 1. The molecular weight excluding hydrogens is 238 g/mol. The Balaban J connectivity index is 2.03. The first-order chi connectivity index (χ1) is 9.36. The molecule has 0 saturated heterocycles. The van der Waals surface area contributed by atoms with Crippen LogP contribution in [0.15, 0.2) is 42.6 Å². The minimum atomic E-state index is 0.591. The number of benzene rings is 1. The molecule has 0 fully saturated rings. The first-order valence-electron chi connectivity index (χ1n) is 6.16. The largest absolute Gasteiger partial charge is 0.256 e. The number of hydrogen-bond donors (Lipinski definition) is 1. The van der Waals surface area contributed by atoms with Gasteiger partial charge in [0.2, 0.25) is 5.82 Å². The lowest BCUT2D eigenvalue weighted by Gasteiger charge is -2.04. The van der Waals surface area contributed by atoms with Crippen molar-refractivity contribution in [2.24, 2.45) is 0 Å². The van der Waals surface area contributed by atoms with Crippen molar-refractivity contribution in [2.45, 2.75) is 13.3 Å². The SMILES string of the molecule is CCc1ccnc(-c2cccc(-c3nn[nH]n3)c2)c1. The highest BCUT2D eigenvalue weighted by atomic mass is 15.5. The van der Waals surface area contributed by atoms with Gasteiger partial charge in [-0.3, -0.25) is 4.98 Å². The van der Waals surface area contributed by atoms with Crippen LogP contribution in [0.1, 0.15) is 12.5 Å². The van der Waals surface area contributed by atoms with Crippen molar-refractivity contribution >= 4 is 0 Å². The number of pyridine rings is 1. The molecule has 0 amide bonds. The molecule has 0 spiro atoms. The number of aromatic nitrogens is 5. The Kier molecular flexibility index (Phi) is 3.02. The lowest BCUT2D eigenvalue weighted by atomic mass is 10.1. The van der Waals surface area contributed by atoms with Crippen LogP contribution < -0.4 is 0 Å². The summed E-state index contributed by atoms with van der Waals surface area (Å²) in [6.07, 6.45) is 2.84. The molecule has 0 unspecified atom stereocenters. The van der Waals surface area contributed by atoms with Crippen LogP contribution in [0.4, 0.5) is 0 Å². The average Bonchev–Trinajstić information content (AvgIpc) is 3.02. The fourth-order valence-corrected chi connectivity index (χ4v) is 1.95. The van der Waals surface area contributed by atoms with Crippen molar-refractivity contribution in [3.05, 3.63) is 48.2 Å². The van der Waals surface area contributed by atoms with E-state index in [2.05, 4.69) is 38.6 Å². The van der Waals surface area contributed by atoms with Crippen molar-refractivity contribution in [1.29, 1.82) is 0 Å². The average molecular weight is 251 g/mol. The number of hydrogen-bond acceptors (Lipinski definition) is 4. The molecule has 94 valence electrons. The lowest BCUT2D eigenvalue weighted by Crippen LogP contribution is -1.88. The maximum atomic E-state index is 4.42. The van der Waals surface area contributed by atoms with E-state index in [1.54, 1.807) is 0 Å². The minimum absolute atomic E-state index is 0.591. The Hall–Kier alpha value is -2.56. The van der Waals surface area contributed by atoms with Gasteiger partial charge in [-0.2, -0.15) is 5.21 Å². The normalized spacial score (nSPS) is 10.6. The summed E-state index contributed by atoms with van der Waals surface area (Å²) in [5, 5.41) is 14.0. The van der Waals surface area contributed by atoms with Gasteiger partial charge in [0, 0.05) is 17.3 Å². The fourth-order valence-electron chi connectivity index (χ4n) is 1.95. The lowest BCUT2D eigenvalue weighted by molar-refractivity contribution is 0.881. The Labute approximate surface area is 110 Å². The van der Waals surface area contributed by atoms with Crippen molar-refractivity contribution in [1.82, 2.24) is 25.6 Å². The molecule has 1 N–H and O–H groups in total. The minimum Gasteiger partial charge on any atom is -0.256 e. The van der Waals surface area contributed by atoms with E-state index in [9.17, 15) is 0 Å². The van der Waals surface area contributed by atoms with E-state index in [-0.39, 0.29) is 0 Å². The van der Waals surface area contributed by atoms with Crippen LogP contribution >= 0.6 is 0 Å². The molecule has 0 aliphatic carbocycles. The number of aromatic amines is 1. The summed E-state index contributed by atoms with van der Waals surface area (Å²) in [6.45, 7) is 2.13. The van der Waals surface area contributed by atoms with Crippen molar-refractivity contribution in [3.63, 3.8) is 0 Å². The number of H-pyrrole nitrogens is 1. The maximum absolute atomic E-state index is 4.42. The molecule has 0 aliphatic rings. The van der Waals surface area contributed by atoms with Crippen LogP contribution in [0.2, 0.25) is 0 Å². The fraction of sp³-hybridized carbons (Fsp3) is 0.143. The van der Waals surface area contributed by atoms with E-state index in [4.69, 9.17) is 0 Å². The zero-order chi connectivity index (χ0) is 13.1. The summed E-state index contributed by atoms with van der Waals surface area (Å²) in [5.41, 5.74) is 4.22. The van der Waals surface area contributed by atoms with Gasteiger partial charge in [-0.15, -0.1) is 10.2 Å². The molecule has 19 heavy (non-hydrogen) atoms. The van der Waals surface area contributed by atoms with Crippen LogP contribution in [-0.4, -0.2) is 25.6 Å². The van der Waals surface area contributed by atoms with Gasteiger partial charge in [0.1, 0.15) is 0 Å². The van der Waals surface area contributed by atoms with Gasteiger partial charge in [-0.1, -0.05) is 25.1 Å². The predicted molar refractivity (Wildman–Crippen MR) is 72.2 cm³/mol. The monoisotopic (exact) mass is 251 g/mol. The van der Waals surface area contributed by atoms with Gasteiger partial charge in [0.25, 0.3) is 0 Å². The van der Waals surface area contributed by atoms with Gasteiger partial charge in [0.05, 0.1) is 5.69 Å². The highest BCUT2D eigenvalue weighted by Gasteiger charge is 2.06. The molecular formula is C14H13N5. The Morgan fingerprint density at radius 1 is 1.11 bits per heavy atom. The summed E-state index contributed by atoms with van der Waals surface area (Å²) in [5.74, 6) is 0.591. The molecule has 1 aromatic carbocycles. The molecule has 0 radical (unpaired) electrons. The quantitative estimate of drug-likeness (QED) is 0.776. The van der Waals surface area contributed by atoms with Crippen LogP contribution in [0, 0.1) is 0 Å². The van der Waals surface area contributed by atoms with E-state index in [0.29, 0.717) is 5.82 Å². The molecule has 5 heteroatoms. The predicted octanol–water partition coefficient (Wildman–Crippen LogP) is 2.49. The van der Waals surface area contributed by atoms with Gasteiger partial charge in [-0.25, -0.2) is 0 Å². The summed E-state index contributed by atoms with van der Waals surface area (Å²) >= 11 is 0. The first kappa shape index (κ1) is 11.5. The summed E-state index contributed by atoms with van der Waals surface area (Å²) < 4.78 is 0. The van der Waals surface area contributed by atoms with E-state index in [0.717, 1.165) is 23.2 Å². The summed E-state index contributed by atoms with van der Waals surface area (Å²) in [4.78, 5) is 4.42. The number of rotatable bonds is 3. The Bertz CT molecular complexity index is 676. The van der Waals surface area contributed by atoms with Crippen LogP contribution in [0.5, 0.6) is 0 Å². The van der Waals surface area contributed by atoms with Gasteiger partial charge in [-0.05, 0) is 35.4 Å². The second kappa shape index (κ2) is 4.97. The number of aryl methyl sites for hydroxylation is 1. The second-order valence-corrected chi connectivity index (χ2v) is 4.22. The van der Waals surface area contributed by atoms with E-state index >= 15 is 0 Å². The van der Waals surface area contributed by atoms with Crippen molar-refractivity contribution in [2.75, 3.05) is 0 Å². The van der Waals surface area contributed by atoms with E-state index < -0.39 is 0 Å². The van der Waals surface area contributed by atoms with E-state index in [1.807, 2.05) is 36.5 Å². The maximum Gasteiger partial charge on any atom is 0.204 e. The van der Waals surface area contributed by atoms with Crippen LogP contribution in [-0.2, 0) is 6.42 Å². The van der Waals surface area contributed by atoms with Crippen molar-refractivity contribution in [3.8, 4) is 22.6 Å². The van der Waals surface area contributed by atoms with Gasteiger partial charge < -0.3 is 0 Å². The van der Waals surface area contributed by atoms with E-state index in [1.165, 1.54) is 5.56 Å². The van der Waals surface area contributed by atoms with Gasteiger partial charge in [0.15, 0.2) is 0 Å². The smallest absolute Gasteiger partial charge is 0.204 e. The number of nitrogens with one attached hydrogen (secondary N) is 1. The van der Waals surface area contributed by atoms with Crippen LogP contribution in [0.25, 0.3) is 22.6 Å². The molecule has 0 atom stereocenters. The third-order valence-corrected chi connectivity index (χ3v) is 2.99. The molecule has 0 aliphatic heterocycles. The standard InChI is InChI=1S/C14H13N5/c1-2-10-6-7-15-13(8-10)11-4-3-5-12(9-11)14-16-18-19-17-14/h3-9H,2H2,1H3,(H,16,17,18,19). The first-order valence-corrected chi connectivity index (χ1v) is 6.16. The highest BCUT2D eigenvalue weighted by Crippen LogP contribution is 2.23. The molecule has 2 heterocycles. The van der Waals surface area contributed by atoms with Crippen molar-refractivity contribution < 1.29 is 0 Å². The zero-order valence-corrected chi connectivity index (χ0v) is 10.5. The third kappa shape index (κ3) is 2.35. The van der Waals surface area contributed by atoms with Gasteiger partial charge >= 0.3 is 0 Å². The third-order valence-electron chi connectivity index (χ3n) is 2.99. The Morgan fingerprint density at radius 3 is 2.79 bits per heavy atom. The molecule has 0 saturated carbocycles. The summed E-state index contributed by atoms with van der Waals surface area (Å²) in [6, 6.07) is 12.1.